The van der Waals surface area contributed by atoms with Gasteiger partial charge in [-0.05, 0) is 0 Å². The van der Waals surface area contributed by atoms with Gasteiger partial charge in [-0.25, -0.2) is 4.98 Å². The van der Waals surface area contributed by atoms with E-state index in [0.29, 0.717) is 13.0 Å². The van der Waals surface area contributed by atoms with Crippen molar-refractivity contribution in [1.29, 1.82) is 0 Å². The summed E-state index contributed by atoms with van der Waals surface area (Å²) in [5, 5.41) is 6.53. The van der Waals surface area contributed by atoms with Gasteiger partial charge in [-0.1, -0.05) is 0 Å². The van der Waals surface area contributed by atoms with E-state index in [4.69, 9.17) is 0 Å². The van der Waals surface area contributed by atoms with Crippen LogP contribution < -0.4 is 10.6 Å². The van der Waals surface area contributed by atoms with Crippen LogP contribution in [0, 0.1) is 0 Å². The molecule has 6 nitrogen and oxygen atoms in total. The molecule has 1 aromatic rings. The number of fused-ring (bicyclic) bond motifs is 1. The van der Waals surface area contributed by atoms with Crippen LogP contribution >= 0.6 is 0 Å². The number of piperazine rings is 1. The summed E-state index contributed by atoms with van der Waals surface area (Å²) in [6.45, 7) is 4.12. The molecule has 3 heterocycles. The molecule has 2 aliphatic rings. The van der Waals surface area contributed by atoms with Crippen LogP contribution in [0.2, 0.25) is 0 Å². The first-order valence-corrected chi connectivity index (χ1v) is 6.08. The normalized spacial score (nSPS) is 24.5. The maximum Gasteiger partial charge on any atom is 0.240 e. The molecule has 17 heavy (non-hydrogen) atoms. The van der Waals surface area contributed by atoms with E-state index in [1.54, 1.807) is 6.33 Å². The average molecular weight is 235 g/mol. The molecule has 1 aromatic heterocycles. The molecule has 0 aliphatic carbocycles. The van der Waals surface area contributed by atoms with Crippen molar-refractivity contribution in [3.05, 3.63) is 17.7 Å². The Morgan fingerprint density at radius 1 is 1.41 bits per heavy atom. The number of aromatic amines is 1. The Kier molecular flexibility index (Phi) is 2.82. The van der Waals surface area contributed by atoms with Crippen molar-refractivity contribution in [2.75, 3.05) is 26.2 Å². The van der Waals surface area contributed by atoms with Crippen LogP contribution in [0.3, 0.4) is 0 Å². The smallest absolute Gasteiger partial charge is 0.240 e. The summed E-state index contributed by atoms with van der Waals surface area (Å²) in [4.78, 5) is 21.6. The van der Waals surface area contributed by atoms with E-state index in [0.717, 1.165) is 37.6 Å². The van der Waals surface area contributed by atoms with Crippen molar-refractivity contribution in [2.24, 2.45) is 0 Å². The average Bonchev–Trinajstić information content (AvgIpc) is 2.86. The third-order valence-electron chi connectivity index (χ3n) is 3.46. The van der Waals surface area contributed by atoms with Crippen molar-refractivity contribution in [1.82, 2.24) is 25.5 Å². The molecule has 3 N–H and O–H groups in total. The molecule has 1 saturated heterocycles. The number of amides is 1. The third kappa shape index (κ3) is 2.05. The molecule has 0 radical (unpaired) electrons. The highest BCUT2D eigenvalue weighted by Gasteiger charge is 2.29. The van der Waals surface area contributed by atoms with Crippen molar-refractivity contribution in [3.63, 3.8) is 0 Å². The Morgan fingerprint density at radius 2 is 2.24 bits per heavy atom. The number of carbonyl (C=O) groups excluding carboxylic acids is 1. The first kappa shape index (κ1) is 10.7. The highest BCUT2D eigenvalue weighted by Crippen LogP contribution is 2.13. The summed E-state index contributed by atoms with van der Waals surface area (Å²) >= 11 is 0. The summed E-state index contributed by atoms with van der Waals surface area (Å²) in [6, 6.07) is -0.108. The minimum absolute atomic E-state index is 0.108. The molecule has 0 spiro atoms. The Morgan fingerprint density at radius 3 is 3.06 bits per heavy atom. The van der Waals surface area contributed by atoms with Gasteiger partial charge >= 0.3 is 0 Å². The molecule has 1 fully saturated rings. The zero-order valence-corrected chi connectivity index (χ0v) is 9.70. The summed E-state index contributed by atoms with van der Waals surface area (Å²) < 4.78 is 0. The van der Waals surface area contributed by atoms with Gasteiger partial charge in [0.1, 0.15) is 0 Å². The zero-order valence-electron chi connectivity index (χ0n) is 9.70. The van der Waals surface area contributed by atoms with Gasteiger partial charge in [-0.2, -0.15) is 0 Å². The van der Waals surface area contributed by atoms with Crippen LogP contribution in [0.15, 0.2) is 6.33 Å². The predicted molar refractivity (Wildman–Crippen MR) is 62.4 cm³/mol. The van der Waals surface area contributed by atoms with E-state index in [1.165, 1.54) is 0 Å². The Bertz CT molecular complexity index is 410. The van der Waals surface area contributed by atoms with Crippen LogP contribution in [0.1, 0.15) is 11.4 Å². The number of hydrogen-bond donors (Lipinski definition) is 3. The van der Waals surface area contributed by atoms with Crippen LogP contribution in [-0.2, 0) is 17.8 Å². The number of rotatable bonds is 1. The minimum Gasteiger partial charge on any atom is -0.347 e. The van der Waals surface area contributed by atoms with Gasteiger partial charge in [0.15, 0.2) is 0 Å². The molecule has 0 aromatic carbocycles. The number of nitrogens with one attached hydrogen (secondary N) is 3. The van der Waals surface area contributed by atoms with Crippen LogP contribution in [0.4, 0.5) is 0 Å². The Labute approximate surface area is 99.8 Å². The second-order valence-corrected chi connectivity index (χ2v) is 4.54. The monoisotopic (exact) mass is 235 g/mol. The number of hydrogen-bond acceptors (Lipinski definition) is 4. The Hall–Kier alpha value is -1.40. The third-order valence-corrected chi connectivity index (χ3v) is 3.46. The van der Waals surface area contributed by atoms with Crippen molar-refractivity contribution >= 4 is 5.91 Å². The molecule has 2 aliphatic heterocycles. The maximum absolute atomic E-state index is 12.3. The molecule has 6 heteroatoms. The van der Waals surface area contributed by atoms with Crippen LogP contribution in [-0.4, -0.2) is 53.0 Å². The minimum atomic E-state index is -0.108. The lowest BCUT2D eigenvalue weighted by Gasteiger charge is -2.32. The fraction of sp³-hybridized carbons (Fsp3) is 0.636. The maximum atomic E-state index is 12.3. The zero-order chi connectivity index (χ0) is 11.7. The van der Waals surface area contributed by atoms with Gasteiger partial charge in [-0.3, -0.25) is 10.1 Å². The van der Waals surface area contributed by atoms with E-state index in [2.05, 4.69) is 20.6 Å². The van der Waals surface area contributed by atoms with Gasteiger partial charge < -0.3 is 15.2 Å². The number of H-pyrrole nitrogens is 1. The SMILES string of the molecule is O=C(C1Cc2nc[nH]c2CN1)N1CCNCC1. The summed E-state index contributed by atoms with van der Waals surface area (Å²) in [5.74, 6) is 0.208. The highest BCUT2D eigenvalue weighted by molar-refractivity contribution is 5.82. The van der Waals surface area contributed by atoms with Gasteiger partial charge in [0.25, 0.3) is 0 Å². The van der Waals surface area contributed by atoms with E-state index in [-0.39, 0.29) is 11.9 Å². The van der Waals surface area contributed by atoms with Crippen LogP contribution in [0.5, 0.6) is 0 Å². The van der Waals surface area contributed by atoms with E-state index in [9.17, 15) is 4.79 Å². The fourth-order valence-corrected chi connectivity index (χ4v) is 2.45. The first-order chi connectivity index (χ1) is 8.34. The van der Waals surface area contributed by atoms with Crippen molar-refractivity contribution < 1.29 is 4.79 Å². The fourth-order valence-electron chi connectivity index (χ4n) is 2.45. The molecule has 1 unspecified atom stereocenters. The van der Waals surface area contributed by atoms with Crippen molar-refractivity contribution in [3.8, 4) is 0 Å². The molecular weight excluding hydrogens is 218 g/mol. The lowest BCUT2D eigenvalue weighted by Crippen LogP contribution is -2.54. The number of carbonyl (C=O) groups is 1. The molecule has 0 saturated carbocycles. The quantitative estimate of drug-likeness (QED) is 0.575. The molecule has 3 rings (SSSR count). The lowest BCUT2D eigenvalue weighted by molar-refractivity contribution is -0.134. The molecule has 92 valence electrons. The van der Waals surface area contributed by atoms with Crippen LogP contribution in [0.25, 0.3) is 0 Å². The molecule has 1 atom stereocenters. The molecule has 1 amide bonds. The van der Waals surface area contributed by atoms with Gasteiger partial charge in [0.05, 0.1) is 23.8 Å². The topological polar surface area (TPSA) is 73.0 Å². The van der Waals surface area contributed by atoms with Gasteiger partial charge in [0, 0.05) is 39.1 Å². The number of imidazole rings is 1. The van der Waals surface area contributed by atoms with Crippen molar-refractivity contribution in [2.45, 2.75) is 19.0 Å². The van der Waals surface area contributed by atoms with E-state index >= 15 is 0 Å². The summed E-state index contributed by atoms with van der Waals surface area (Å²) in [7, 11) is 0. The first-order valence-electron chi connectivity index (χ1n) is 6.08. The van der Waals surface area contributed by atoms with E-state index in [1.807, 2.05) is 4.90 Å². The standard InChI is InChI=1S/C11H17N5O/c17-11(16-3-1-12-2-4-16)9-5-8-10(6-13-9)15-7-14-8/h7,9,12-13H,1-6H2,(H,14,15). The van der Waals surface area contributed by atoms with Gasteiger partial charge in [0.2, 0.25) is 5.91 Å². The second kappa shape index (κ2) is 4.46. The van der Waals surface area contributed by atoms with E-state index < -0.39 is 0 Å². The Balaban J connectivity index is 1.67. The largest absolute Gasteiger partial charge is 0.347 e. The molecular formula is C11H17N5O. The second-order valence-electron chi connectivity index (χ2n) is 4.54. The number of aromatic nitrogens is 2. The summed E-state index contributed by atoms with van der Waals surface area (Å²) in [5.41, 5.74) is 2.13. The predicted octanol–water partition coefficient (Wildman–Crippen LogP) is -1.14. The lowest BCUT2D eigenvalue weighted by atomic mass is 10.0. The summed E-state index contributed by atoms with van der Waals surface area (Å²) in [6.07, 6.45) is 2.39. The number of nitrogens with zero attached hydrogens (tertiary/aromatic N) is 2. The highest BCUT2D eigenvalue weighted by atomic mass is 16.2. The van der Waals surface area contributed by atoms with Gasteiger partial charge in [-0.15, -0.1) is 0 Å². The molecule has 0 bridgehead atoms.